The van der Waals surface area contributed by atoms with Crippen LogP contribution in [0.5, 0.6) is 0 Å². The van der Waals surface area contributed by atoms with Gasteiger partial charge in [0.1, 0.15) is 0 Å². The molecule has 1 atom stereocenters. The second kappa shape index (κ2) is 5.32. The molecule has 0 aromatic heterocycles. The molecule has 1 aliphatic rings. The first kappa shape index (κ1) is 13.2. The van der Waals surface area contributed by atoms with E-state index in [2.05, 4.69) is 62.5 Å². The van der Waals surface area contributed by atoms with Crippen LogP contribution in [-0.4, -0.2) is 6.04 Å². The molecule has 0 spiro atoms. The van der Waals surface area contributed by atoms with Crippen LogP contribution in [0.4, 0.5) is 5.69 Å². The summed E-state index contributed by atoms with van der Waals surface area (Å²) in [6.45, 7) is 6.61. The van der Waals surface area contributed by atoms with Crippen molar-refractivity contribution in [2.45, 2.75) is 46.1 Å². The zero-order valence-corrected chi connectivity index (χ0v) is 12.7. The maximum absolute atomic E-state index is 3.57. The molecule has 0 bridgehead atoms. The minimum Gasteiger partial charge on any atom is -0.382 e. The van der Waals surface area contributed by atoms with Gasteiger partial charge in [-0.1, -0.05) is 41.5 Å². The fraction of sp³-hybridized carbons (Fsp3) is 0.368. The molecule has 1 nitrogen and oxygen atoms in total. The lowest BCUT2D eigenvalue weighted by Crippen LogP contribution is -2.21. The third-order valence-corrected chi connectivity index (χ3v) is 4.11. The highest BCUT2D eigenvalue weighted by Gasteiger charge is 2.14. The van der Waals surface area contributed by atoms with Crippen LogP contribution < -0.4 is 5.32 Å². The number of rotatable bonds is 2. The minimum atomic E-state index is 0.604. The molecule has 1 heteroatoms. The fourth-order valence-corrected chi connectivity index (χ4v) is 3.22. The second-order valence-corrected chi connectivity index (χ2v) is 6.25. The third-order valence-electron chi connectivity index (χ3n) is 4.11. The molecule has 1 aliphatic heterocycles. The number of hydrogen-bond acceptors (Lipinski definition) is 1. The van der Waals surface area contributed by atoms with Crippen LogP contribution >= 0.6 is 0 Å². The number of hydrogen-bond donors (Lipinski definition) is 1. The van der Waals surface area contributed by atoms with Crippen LogP contribution in [-0.2, 0) is 12.8 Å². The number of anilines is 1. The highest BCUT2D eigenvalue weighted by molar-refractivity contribution is 5.55. The van der Waals surface area contributed by atoms with E-state index in [1.807, 2.05) is 0 Å². The van der Waals surface area contributed by atoms with Crippen molar-refractivity contribution in [3.05, 3.63) is 64.2 Å². The summed E-state index contributed by atoms with van der Waals surface area (Å²) >= 11 is 0. The van der Waals surface area contributed by atoms with Gasteiger partial charge in [-0.05, 0) is 62.8 Å². The van der Waals surface area contributed by atoms with Crippen LogP contribution in [0.15, 0.2) is 36.4 Å². The molecule has 0 fully saturated rings. The van der Waals surface area contributed by atoms with E-state index < -0.39 is 0 Å². The molecule has 104 valence electrons. The topological polar surface area (TPSA) is 12.0 Å². The Bertz CT molecular complexity index is 607. The van der Waals surface area contributed by atoms with Gasteiger partial charge in [0.05, 0.1) is 0 Å². The smallest absolute Gasteiger partial charge is 0.0374 e. The molecule has 2 aromatic rings. The average Bonchev–Trinajstić information content (AvgIpc) is 2.38. The van der Waals surface area contributed by atoms with E-state index in [4.69, 9.17) is 0 Å². The van der Waals surface area contributed by atoms with Gasteiger partial charge >= 0.3 is 0 Å². The highest BCUT2D eigenvalue weighted by atomic mass is 14.9. The maximum atomic E-state index is 3.57. The van der Waals surface area contributed by atoms with Crippen molar-refractivity contribution < 1.29 is 0 Å². The minimum absolute atomic E-state index is 0.604. The Hall–Kier alpha value is -1.76. The Kier molecular flexibility index (Phi) is 3.52. The van der Waals surface area contributed by atoms with E-state index in [1.165, 1.54) is 46.3 Å². The van der Waals surface area contributed by atoms with E-state index in [9.17, 15) is 0 Å². The Morgan fingerprint density at radius 1 is 1.00 bits per heavy atom. The molecule has 2 aromatic carbocycles. The van der Waals surface area contributed by atoms with Crippen LogP contribution in [0, 0.1) is 13.8 Å². The van der Waals surface area contributed by atoms with Crippen molar-refractivity contribution in [1.29, 1.82) is 0 Å². The predicted molar refractivity (Wildman–Crippen MR) is 86.6 cm³/mol. The molecule has 1 N–H and O–H groups in total. The number of benzene rings is 2. The lowest BCUT2D eigenvalue weighted by atomic mass is 9.94. The van der Waals surface area contributed by atoms with Gasteiger partial charge in [0.25, 0.3) is 0 Å². The van der Waals surface area contributed by atoms with Crippen molar-refractivity contribution in [3.8, 4) is 0 Å². The molecule has 0 aliphatic carbocycles. The molecule has 3 rings (SSSR count). The van der Waals surface area contributed by atoms with Gasteiger partial charge in [0.2, 0.25) is 0 Å². The normalized spacial score (nSPS) is 17.4. The van der Waals surface area contributed by atoms with Crippen LogP contribution in [0.1, 0.15) is 41.2 Å². The summed E-state index contributed by atoms with van der Waals surface area (Å²) in [5.41, 5.74) is 8.35. The van der Waals surface area contributed by atoms with Crippen molar-refractivity contribution in [1.82, 2.24) is 0 Å². The van der Waals surface area contributed by atoms with Crippen molar-refractivity contribution >= 4 is 5.69 Å². The summed E-state index contributed by atoms with van der Waals surface area (Å²) in [4.78, 5) is 0. The molecule has 0 saturated heterocycles. The molecule has 1 unspecified atom stereocenters. The summed E-state index contributed by atoms with van der Waals surface area (Å²) in [6.07, 6.45) is 3.47. The van der Waals surface area contributed by atoms with Crippen molar-refractivity contribution in [2.75, 3.05) is 5.32 Å². The van der Waals surface area contributed by atoms with Crippen LogP contribution in [0.25, 0.3) is 0 Å². The van der Waals surface area contributed by atoms with Gasteiger partial charge in [0, 0.05) is 11.7 Å². The van der Waals surface area contributed by atoms with Gasteiger partial charge in [-0.2, -0.15) is 0 Å². The predicted octanol–water partition coefficient (Wildman–Crippen LogP) is 4.64. The summed E-state index contributed by atoms with van der Waals surface area (Å²) < 4.78 is 0. The lowest BCUT2D eigenvalue weighted by Gasteiger charge is -2.24. The van der Waals surface area contributed by atoms with Crippen LogP contribution in [0.2, 0.25) is 0 Å². The maximum Gasteiger partial charge on any atom is 0.0374 e. The van der Waals surface area contributed by atoms with Gasteiger partial charge < -0.3 is 5.32 Å². The summed E-state index contributed by atoms with van der Waals surface area (Å²) in [7, 11) is 0. The van der Waals surface area contributed by atoms with E-state index in [-0.39, 0.29) is 0 Å². The third kappa shape index (κ3) is 2.87. The summed E-state index contributed by atoms with van der Waals surface area (Å²) in [6, 6.07) is 14.3. The van der Waals surface area contributed by atoms with Gasteiger partial charge in [-0.3, -0.25) is 0 Å². The first-order valence-corrected chi connectivity index (χ1v) is 7.56. The van der Waals surface area contributed by atoms with Gasteiger partial charge in [0.15, 0.2) is 0 Å². The number of nitrogens with one attached hydrogen (secondary N) is 1. The summed E-state index contributed by atoms with van der Waals surface area (Å²) in [5, 5.41) is 3.57. The van der Waals surface area contributed by atoms with Crippen LogP contribution in [0.3, 0.4) is 0 Å². The molecule has 0 amide bonds. The Balaban J connectivity index is 1.84. The Labute approximate surface area is 122 Å². The molecular formula is C19H23N. The highest BCUT2D eigenvalue weighted by Crippen LogP contribution is 2.26. The zero-order chi connectivity index (χ0) is 14.1. The lowest BCUT2D eigenvalue weighted by molar-refractivity contribution is 0.680. The molecule has 1 heterocycles. The molecule has 20 heavy (non-hydrogen) atoms. The largest absolute Gasteiger partial charge is 0.382 e. The monoisotopic (exact) mass is 265 g/mol. The zero-order valence-electron chi connectivity index (χ0n) is 12.7. The Morgan fingerprint density at radius 3 is 2.50 bits per heavy atom. The fourth-order valence-electron chi connectivity index (χ4n) is 3.22. The molecular weight excluding hydrogens is 242 g/mol. The first-order chi connectivity index (χ1) is 9.60. The van der Waals surface area contributed by atoms with Gasteiger partial charge in [-0.15, -0.1) is 0 Å². The number of fused-ring (bicyclic) bond motifs is 1. The quantitative estimate of drug-likeness (QED) is 0.834. The number of aryl methyl sites for hydroxylation is 3. The Morgan fingerprint density at radius 2 is 1.75 bits per heavy atom. The van der Waals surface area contributed by atoms with Crippen molar-refractivity contribution in [3.63, 3.8) is 0 Å². The van der Waals surface area contributed by atoms with E-state index in [1.54, 1.807) is 0 Å². The average molecular weight is 265 g/mol. The summed E-state index contributed by atoms with van der Waals surface area (Å²) in [5.74, 6) is 0. The van der Waals surface area contributed by atoms with E-state index >= 15 is 0 Å². The van der Waals surface area contributed by atoms with E-state index in [0.29, 0.717) is 6.04 Å². The van der Waals surface area contributed by atoms with Gasteiger partial charge in [-0.25, -0.2) is 0 Å². The van der Waals surface area contributed by atoms with Crippen molar-refractivity contribution in [2.24, 2.45) is 0 Å². The second-order valence-electron chi connectivity index (χ2n) is 6.25. The van der Waals surface area contributed by atoms with E-state index in [0.717, 1.165) is 6.42 Å². The standard InChI is InChI=1S/C19H23N/c1-13-8-14(2)10-17(9-13)11-16-5-7-19-18(12-16)6-4-15(3)20-19/h5,7-10,12,15,20H,4,6,11H2,1-3H3. The first-order valence-electron chi connectivity index (χ1n) is 7.56. The molecule has 0 saturated carbocycles. The SMILES string of the molecule is Cc1cc(C)cc(Cc2ccc3c(c2)CCC(C)N3)c1. The molecule has 0 radical (unpaired) electrons.